The van der Waals surface area contributed by atoms with Gasteiger partial charge < -0.3 is 4.42 Å². The largest absolute Gasteiger partial charge is 0.456 e. The van der Waals surface area contributed by atoms with E-state index >= 15 is 0 Å². The number of para-hydroxylation sites is 1. The number of benzene rings is 2. The minimum absolute atomic E-state index is 0.0570. The molecule has 1 unspecified atom stereocenters. The average molecular weight is 357 g/mol. The van der Waals surface area contributed by atoms with Gasteiger partial charge in [-0.15, -0.1) is 11.6 Å². The number of aryl methyl sites for hydroxylation is 1. The van der Waals surface area contributed by atoms with Crippen molar-refractivity contribution >= 4 is 33.5 Å². The zero-order chi connectivity index (χ0) is 17.6. The lowest BCUT2D eigenvalue weighted by Gasteiger charge is -2.11. The Hall–Kier alpha value is -1.80. The summed E-state index contributed by atoms with van der Waals surface area (Å²) in [5, 5.41) is 1.51. The van der Waals surface area contributed by atoms with Crippen molar-refractivity contribution in [3.05, 3.63) is 58.3 Å². The molecule has 0 N–H and O–H groups in total. The minimum atomic E-state index is 0.0570. The first-order valence-corrected chi connectivity index (χ1v) is 9.72. The molecule has 0 fully saturated rings. The van der Waals surface area contributed by atoms with Crippen LogP contribution in [0.25, 0.3) is 21.9 Å². The van der Waals surface area contributed by atoms with Crippen LogP contribution >= 0.6 is 11.6 Å². The summed E-state index contributed by atoms with van der Waals surface area (Å²) in [5.74, 6) is 0. The molecular weight excluding hydrogens is 332 g/mol. The van der Waals surface area contributed by atoms with Crippen LogP contribution in [0.5, 0.6) is 0 Å². The summed E-state index contributed by atoms with van der Waals surface area (Å²) in [6.45, 7) is 2.22. The van der Waals surface area contributed by atoms with E-state index in [1.165, 1.54) is 25.7 Å². The molecule has 0 amide bonds. The first-order chi connectivity index (χ1) is 12.2. The Labute approximate surface area is 153 Å². The van der Waals surface area contributed by atoms with E-state index in [-0.39, 0.29) is 10.8 Å². The molecule has 3 heteroatoms. The maximum absolute atomic E-state index is 12.9. The Balaban J connectivity index is 1.80. The van der Waals surface area contributed by atoms with Gasteiger partial charge in [-0.1, -0.05) is 56.9 Å². The van der Waals surface area contributed by atoms with Gasteiger partial charge in [-0.05, 0) is 43.0 Å². The summed E-state index contributed by atoms with van der Waals surface area (Å²) >= 11 is 6.49. The quantitative estimate of drug-likeness (QED) is 0.263. The van der Waals surface area contributed by atoms with Gasteiger partial charge in [0.15, 0.2) is 0 Å². The number of fused-ring (bicyclic) bond motifs is 2. The molecule has 0 aliphatic carbocycles. The van der Waals surface area contributed by atoms with E-state index in [2.05, 4.69) is 6.92 Å². The monoisotopic (exact) mass is 356 g/mol. The van der Waals surface area contributed by atoms with Gasteiger partial charge in [0.25, 0.3) is 0 Å². The number of rotatable bonds is 8. The summed E-state index contributed by atoms with van der Waals surface area (Å²) in [6.07, 6.45) is 7.70. The molecule has 2 aromatic carbocycles. The molecule has 1 atom stereocenters. The van der Waals surface area contributed by atoms with Crippen LogP contribution in [-0.2, 0) is 6.42 Å². The number of alkyl halides is 1. The summed E-state index contributed by atoms with van der Waals surface area (Å²) in [5.41, 5.74) is 2.40. The third kappa shape index (κ3) is 4.24. The van der Waals surface area contributed by atoms with Crippen molar-refractivity contribution in [1.29, 1.82) is 0 Å². The molecular formula is C22H25ClO2. The predicted molar refractivity (Wildman–Crippen MR) is 107 cm³/mol. The summed E-state index contributed by atoms with van der Waals surface area (Å²) in [4.78, 5) is 12.9. The Morgan fingerprint density at radius 2 is 1.76 bits per heavy atom. The molecule has 3 aromatic rings. The van der Waals surface area contributed by atoms with Crippen molar-refractivity contribution in [1.82, 2.24) is 0 Å². The number of hydrogen-bond acceptors (Lipinski definition) is 2. The fourth-order valence-electron chi connectivity index (χ4n) is 3.37. The molecule has 0 bridgehead atoms. The van der Waals surface area contributed by atoms with Crippen LogP contribution < -0.4 is 5.43 Å². The number of halogens is 1. The molecule has 0 aliphatic heterocycles. The van der Waals surface area contributed by atoms with Crippen LogP contribution in [0.1, 0.15) is 51.0 Å². The Morgan fingerprint density at radius 1 is 0.960 bits per heavy atom. The minimum Gasteiger partial charge on any atom is -0.456 e. The standard InChI is InChI=1S/C22H25ClO2/c1-2-3-4-5-10-17(23)15-14-16-9-8-13-20-21(16)22(24)18-11-6-7-12-19(18)25-20/h6-9,11-13,17H,2-5,10,14-15H2,1H3. The predicted octanol–water partition coefficient (Wildman–Crippen LogP) is 6.46. The first-order valence-electron chi connectivity index (χ1n) is 9.28. The van der Waals surface area contributed by atoms with Crippen LogP contribution in [0.2, 0.25) is 0 Å². The van der Waals surface area contributed by atoms with Crippen LogP contribution in [0, 0.1) is 0 Å². The van der Waals surface area contributed by atoms with E-state index < -0.39 is 0 Å². The molecule has 1 aromatic heterocycles. The van der Waals surface area contributed by atoms with Gasteiger partial charge in [-0.25, -0.2) is 0 Å². The highest BCUT2D eigenvalue weighted by Crippen LogP contribution is 2.23. The second kappa shape index (κ2) is 8.53. The van der Waals surface area contributed by atoms with Crippen molar-refractivity contribution in [3.63, 3.8) is 0 Å². The molecule has 3 rings (SSSR count). The maximum atomic E-state index is 12.9. The third-order valence-electron chi connectivity index (χ3n) is 4.79. The topological polar surface area (TPSA) is 30.2 Å². The third-order valence-corrected chi connectivity index (χ3v) is 5.23. The van der Waals surface area contributed by atoms with Crippen molar-refractivity contribution in [2.24, 2.45) is 0 Å². The van der Waals surface area contributed by atoms with Gasteiger partial charge >= 0.3 is 0 Å². The summed E-state index contributed by atoms with van der Waals surface area (Å²) in [6, 6.07) is 13.3. The van der Waals surface area contributed by atoms with Gasteiger partial charge in [0.1, 0.15) is 11.2 Å². The van der Waals surface area contributed by atoms with Crippen molar-refractivity contribution < 1.29 is 4.42 Å². The summed E-state index contributed by atoms with van der Waals surface area (Å²) < 4.78 is 5.93. The van der Waals surface area contributed by atoms with Gasteiger partial charge in [0.05, 0.1) is 10.8 Å². The zero-order valence-electron chi connectivity index (χ0n) is 14.8. The van der Waals surface area contributed by atoms with E-state index in [4.69, 9.17) is 16.0 Å². The molecule has 1 heterocycles. The number of hydrogen-bond donors (Lipinski definition) is 0. The fraction of sp³-hybridized carbons (Fsp3) is 0.409. The van der Waals surface area contributed by atoms with Crippen molar-refractivity contribution in [3.8, 4) is 0 Å². The SMILES string of the molecule is CCCCCCC(Cl)CCc1cccc2oc3ccccc3c(=O)c12. The molecule has 0 spiro atoms. The van der Waals surface area contributed by atoms with E-state index in [0.717, 1.165) is 24.8 Å². The van der Waals surface area contributed by atoms with Gasteiger partial charge in [-0.2, -0.15) is 0 Å². The molecule has 132 valence electrons. The normalized spacial score (nSPS) is 12.7. The first kappa shape index (κ1) is 18.0. The highest BCUT2D eigenvalue weighted by molar-refractivity contribution is 6.20. The molecule has 0 saturated heterocycles. The van der Waals surface area contributed by atoms with E-state index in [1.807, 2.05) is 42.5 Å². The zero-order valence-corrected chi connectivity index (χ0v) is 15.5. The molecule has 0 saturated carbocycles. The highest BCUT2D eigenvalue weighted by atomic mass is 35.5. The Bertz CT molecular complexity index is 897. The van der Waals surface area contributed by atoms with Gasteiger partial charge in [0, 0.05) is 5.38 Å². The van der Waals surface area contributed by atoms with Crippen LogP contribution in [-0.4, -0.2) is 5.38 Å². The van der Waals surface area contributed by atoms with E-state index in [9.17, 15) is 4.79 Å². The van der Waals surface area contributed by atoms with Gasteiger partial charge in [0.2, 0.25) is 5.43 Å². The van der Waals surface area contributed by atoms with Crippen LogP contribution in [0.3, 0.4) is 0 Å². The molecule has 25 heavy (non-hydrogen) atoms. The molecule has 2 nitrogen and oxygen atoms in total. The second-order valence-electron chi connectivity index (χ2n) is 6.70. The maximum Gasteiger partial charge on any atom is 0.200 e. The number of unbranched alkanes of at least 4 members (excludes halogenated alkanes) is 3. The Morgan fingerprint density at radius 3 is 2.60 bits per heavy atom. The van der Waals surface area contributed by atoms with Gasteiger partial charge in [-0.3, -0.25) is 4.79 Å². The highest BCUT2D eigenvalue weighted by Gasteiger charge is 2.12. The lowest BCUT2D eigenvalue weighted by atomic mass is 10.00. The second-order valence-corrected chi connectivity index (χ2v) is 7.32. The fourth-order valence-corrected chi connectivity index (χ4v) is 3.64. The van der Waals surface area contributed by atoms with Crippen LogP contribution in [0.4, 0.5) is 0 Å². The van der Waals surface area contributed by atoms with E-state index in [1.54, 1.807) is 0 Å². The molecule has 0 radical (unpaired) electrons. The van der Waals surface area contributed by atoms with E-state index in [0.29, 0.717) is 21.9 Å². The Kier molecular flexibility index (Phi) is 6.14. The summed E-state index contributed by atoms with van der Waals surface area (Å²) in [7, 11) is 0. The average Bonchev–Trinajstić information content (AvgIpc) is 2.63. The van der Waals surface area contributed by atoms with Crippen molar-refractivity contribution in [2.45, 2.75) is 57.2 Å². The smallest absolute Gasteiger partial charge is 0.200 e. The van der Waals surface area contributed by atoms with Crippen LogP contribution in [0.15, 0.2) is 51.7 Å². The lowest BCUT2D eigenvalue weighted by molar-refractivity contribution is 0.595. The lowest BCUT2D eigenvalue weighted by Crippen LogP contribution is -2.07. The van der Waals surface area contributed by atoms with Crippen molar-refractivity contribution in [2.75, 3.05) is 0 Å². The molecule has 0 aliphatic rings.